The third kappa shape index (κ3) is 2.86. The lowest BCUT2D eigenvalue weighted by Gasteiger charge is -2.20. The minimum atomic E-state index is -0.923. The quantitative estimate of drug-likeness (QED) is 0.888. The first-order valence-corrected chi connectivity index (χ1v) is 6.81. The first-order chi connectivity index (χ1) is 8.72. The van der Waals surface area contributed by atoms with E-state index >= 15 is 0 Å². The standard InChI is InChI=1S/C14H20N2O2/c1-2-6-12-11(14(17)18)9-15-13(16-12)10-7-4-3-5-8-10/h9-10H,2-8H2,1H3,(H,17,18). The highest BCUT2D eigenvalue weighted by Crippen LogP contribution is 2.30. The summed E-state index contributed by atoms with van der Waals surface area (Å²) in [5.41, 5.74) is 0.956. The molecule has 0 unspecified atom stereocenters. The van der Waals surface area contributed by atoms with E-state index in [1.807, 2.05) is 6.92 Å². The summed E-state index contributed by atoms with van der Waals surface area (Å²) in [7, 11) is 0. The fourth-order valence-corrected chi connectivity index (χ4v) is 2.60. The lowest BCUT2D eigenvalue weighted by molar-refractivity contribution is 0.0694. The molecule has 1 aromatic rings. The molecule has 1 saturated carbocycles. The van der Waals surface area contributed by atoms with Gasteiger partial charge in [0.25, 0.3) is 0 Å². The Morgan fingerprint density at radius 2 is 2.11 bits per heavy atom. The normalized spacial score (nSPS) is 16.7. The van der Waals surface area contributed by atoms with Crippen LogP contribution in [0.3, 0.4) is 0 Å². The van der Waals surface area contributed by atoms with Crippen LogP contribution in [0.1, 0.15) is 73.2 Å². The fourth-order valence-electron chi connectivity index (χ4n) is 2.60. The van der Waals surface area contributed by atoms with Crippen molar-refractivity contribution in [2.45, 2.75) is 57.8 Å². The van der Waals surface area contributed by atoms with Crippen LogP contribution < -0.4 is 0 Å². The van der Waals surface area contributed by atoms with Gasteiger partial charge in [-0.25, -0.2) is 14.8 Å². The molecule has 0 aliphatic heterocycles. The lowest BCUT2D eigenvalue weighted by atomic mass is 9.88. The van der Waals surface area contributed by atoms with Gasteiger partial charge in [-0.3, -0.25) is 0 Å². The van der Waals surface area contributed by atoms with Gasteiger partial charge >= 0.3 is 5.97 Å². The van der Waals surface area contributed by atoms with Crippen molar-refractivity contribution >= 4 is 5.97 Å². The molecule has 1 aliphatic rings. The number of carbonyl (C=O) groups is 1. The SMILES string of the molecule is CCCc1nc(C2CCCCC2)ncc1C(=O)O. The summed E-state index contributed by atoms with van der Waals surface area (Å²) < 4.78 is 0. The van der Waals surface area contributed by atoms with Crippen LogP contribution >= 0.6 is 0 Å². The summed E-state index contributed by atoms with van der Waals surface area (Å²) in [5, 5.41) is 9.11. The van der Waals surface area contributed by atoms with Crippen LogP contribution in [0.2, 0.25) is 0 Å². The van der Waals surface area contributed by atoms with Gasteiger partial charge in [0.2, 0.25) is 0 Å². The minimum absolute atomic E-state index is 0.261. The first-order valence-electron chi connectivity index (χ1n) is 6.81. The summed E-state index contributed by atoms with van der Waals surface area (Å²) in [6.07, 6.45) is 9.15. The molecule has 4 nitrogen and oxygen atoms in total. The molecule has 1 N–H and O–H groups in total. The van der Waals surface area contributed by atoms with Gasteiger partial charge in [0.1, 0.15) is 5.82 Å². The second-order valence-corrected chi connectivity index (χ2v) is 4.98. The summed E-state index contributed by atoms with van der Waals surface area (Å²) in [4.78, 5) is 19.9. The third-order valence-electron chi connectivity index (χ3n) is 3.57. The Kier molecular flexibility index (Phi) is 4.28. The molecule has 0 spiro atoms. The van der Waals surface area contributed by atoms with E-state index in [4.69, 9.17) is 5.11 Å². The zero-order valence-electron chi connectivity index (χ0n) is 10.9. The second-order valence-electron chi connectivity index (χ2n) is 4.98. The van der Waals surface area contributed by atoms with E-state index in [-0.39, 0.29) is 5.56 Å². The highest BCUT2D eigenvalue weighted by molar-refractivity contribution is 5.88. The largest absolute Gasteiger partial charge is 0.478 e. The van der Waals surface area contributed by atoms with Gasteiger partial charge in [0, 0.05) is 12.1 Å². The molecule has 1 heterocycles. The highest BCUT2D eigenvalue weighted by atomic mass is 16.4. The zero-order valence-corrected chi connectivity index (χ0v) is 10.9. The van der Waals surface area contributed by atoms with Gasteiger partial charge in [0.05, 0.1) is 11.3 Å². The number of nitrogens with zero attached hydrogens (tertiary/aromatic N) is 2. The van der Waals surface area contributed by atoms with Crippen molar-refractivity contribution in [2.24, 2.45) is 0 Å². The smallest absolute Gasteiger partial charge is 0.339 e. The van der Waals surface area contributed by atoms with E-state index in [0.717, 1.165) is 25.1 Å². The molecule has 0 aromatic carbocycles. The molecule has 0 radical (unpaired) electrons. The van der Waals surface area contributed by atoms with Gasteiger partial charge in [-0.15, -0.1) is 0 Å². The average molecular weight is 248 g/mol. The van der Waals surface area contributed by atoms with Crippen LogP contribution in [0.25, 0.3) is 0 Å². The Hall–Kier alpha value is -1.45. The summed E-state index contributed by atoms with van der Waals surface area (Å²) in [6, 6.07) is 0. The Morgan fingerprint density at radius 1 is 1.39 bits per heavy atom. The topological polar surface area (TPSA) is 63.1 Å². The van der Waals surface area contributed by atoms with Crippen molar-refractivity contribution in [2.75, 3.05) is 0 Å². The molecule has 2 rings (SSSR count). The Bertz CT molecular complexity index is 426. The van der Waals surface area contributed by atoms with E-state index in [2.05, 4.69) is 9.97 Å². The number of hydrogen-bond acceptors (Lipinski definition) is 3. The molecule has 0 saturated heterocycles. The Labute approximate surface area is 107 Å². The minimum Gasteiger partial charge on any atom is -0.478 e. The number of carboxylic acids is 1. The molecule has 4 heteroatoms. The van der Waals surface area contributed by atoms with Crippen LogP contribution in [0.4, 0.5) is 0 Å². The van der Waals surface area contributed by atoms with E-state index < -0.39 is 5.97 Å². The monoisotopic (exact) mass is 248 g/mol. The predicted molar refractivity (Wildman–Crippen MR) is 68.8 cm³/mol. The van der Waals surface area contributed by atoms with Crippen LogP contribution in [0.15, 0.2) is 6.20 Å². The third-order valence-corrected chi connectivity index (χ3v) is 3.57. The number of carboxylic acid groups (broad SMARTS) is 1. The van der Waals surface area contributed by atoms with E-state index in [1.54, 1.807) is 0 Å². The Balaban J connectivity index is 2.26. The van der Waals surface area contributed by atoms with Crippen molar-refractivity contribution in [3.05, 3.63) is 23.3 Å². The van der Waals surface area contributed by atoms with Gasteiger partial charge < -0.3 is 5.11 Å². The molecule has 1 aliphatic carbocycles. The molecule has 0 atom stereocenters. The predicted octanol–water partition coefficient (Wildman–Crippen LogP) is 3.18. The van der Waals surface area contributed by atoms with E-state index in [9.17, 15) is 4.79 Å². The number of aryl methyl sites for hydroxylation is 1. The van der Waals surface area contributed by atoms with Gasteiger partial charge in [-0.05, 0) is 19.3 Å². The maximum atomic E-state index is 11.1. The molecule has 0 amide bonds. The van der Waals surface area contributed by atoms with E-state index in [0.29, 0.717) is 18.0 Å². The van der Waals surface area contributed by atoms with Crippen LogP contribution in [0, 0.1) is 0 Å². The number of aromatic carboxylic acids is 1. The average Bonchev–Trinajstić information content (AvgIpc) is 2.40. The van der Waals surface area contributed by atoms with Crippen LogP contribution in [-0.4, -0.2) is 21.0 Å². The van der Waals surface area contributed by atoms with E-state index in [1.165, 1.54) is 25.5 Å². The highest BCUT2D eigenvalue weighted by Gasteiger charge is 2.20. The molecule has 1 fully saturated rings. The second kappa shape index (κ2) is 5.94. The van der Waals surface area contributed by atoms with Crippen molar-refractivity contribution in [1.82, 2.24) is 9.97 Å². The lowest BCUT2D eigenvalue weighted by Crippen LogP contribution is -2.13. The number of aromatic nitrogens is 2. The molecule has 18 heavy (non-hydrogen) atoms. The molecule has 1 aromatic heterocycles. The molecular formula is C14H20N2O2. The number of rotatable bonds is 4. The van der Waals surface area contributed by atoms with Crippen LogP contribution in [-0.2, 0) is 6.42 Å². The van der Waals surface area contributed by atoms with Gasteiger partial charge in [0.15, 0.2) is 0 Å². The molecule has 0 bridgehead atoms. The first kappa shape index (κ1) is 13.0. The molecular weight excluding hydrogens is 228 g/mol. The van der Waals surface area contributed by atoms with Gasteiger partial charge in [-0.1, -0.05) is 32.6 Å². The van der Waals surface area contributed by atoms with Gasteiger partial charge in [-0.2, -0.15) is 0 Å². The molecule has 98 valence electrons. The number of hydrogen-bond donors (Lipinski definition) is 1. The maximum absolute atomic E-state index is 11.1. The fraction of sp³-hybridized carbons (Fsp3) is 0.643. The zero-order chi connectivity index (χ0) is 13.0. The van der Waals surface area contributed by atoms with Crippen molar-refractivity contribution in [1.29, 1.82) is 0 Å². The maximum Gasteiger partial charge on any atom is 0.339 e. The van der Waals surface area contributed by atoms with Crippen molar-refractivity contribution < 1.29 is 9.90 Å². The summed E-state index contributed by atoms with van der Waals surface area (Å²) in [5.74, 6) is 0.356. The summed E-state index contributed by atoms with van der Waals surface area (Å²) >= 11 is 0. The van der Waals surface area contributed by atoms with Crippen molar-refractivity contribution in [3.8, 4) is 0 Å². The summed E-state index contributed by atoms with van der Waals surface area (Å²) in [6.45, 7) is 2.04. The van der Waals surface area contributed by atoms with Crippen LogP contribution in [0.5, 0.6) is 0 Å². The van der Waals surface area contributed by atoms with Crippen molar-refractivity contribution in [3.63, 3.8) is 0 Å². The Morgan fingerprint density at radius 3 is 2.72 bits per heavy atom.